The highest BCUT2D eigenvalue weighted by Crippen LogP contribution is 2.34. The molecule has 61 heavy (non-hydrogen) atoms. The molecule has 5 aromatic rings. The topological polar surface area (TPSA) is 175 Å². The molecule has 6 heterocycles. The largest absolute Gasteiger partial charge is 0.495 e. The number of pyridine rings is 1. The maximum absolute atomic E-state index is 15.3. The first-order valence-electron chi connectivity index (χ1n) is 20.8. The van der Waals surface area contributed by atoms with Gasteiger partial charge < -0.3 is 30.3 Å². The molecule has 3 aliphatic heterocycles. The number of nitrogens with one attached hydrogen (secondary N) is 3. The van der Waals surface area contributed by atoms with Gasteiger partial charge in [0.25, 0.3) is 5.56 Å². The number of aliphatic hydroxyl groups is 1. The lowest BCUT2D eigenvalue weighted by Gasteiger charge is -2.40. The number of fused-ring (bicyclic) bond motifs is 1. The molecular formula is C44H52FN11O5. The molecule has 17 heteroatoms. The van der Waals surface area contributed by atoms with Gasteiger partial charge in [-0.2, -0.15) is 4.98 Å². The van der Waals surface area contributed by atoms with Crippen molar-refractivity contribution in [2.45, 2.75) is 57.7 Å². The van der Waals surface area contributed by atoms with Crippen molar-refractivity contribution in [3.05, 3.63) is 95.3 Å². The lowest BCUT2D eigenvalue weighted by atomic mass is 9.95. The summed E-state index contributed by atoms with van der Waals surface area (Å²) in [4.78, 5) is 57.9. The van der Waals surface area contributed by atoms with E-state index < -0.39 is 11.6 Å². The number of imide groups is 1. The molecule has 1 unspecified atom stereocenters. The predicted molar refractivity (Wildman–Crippen MR) is 232 cm³/mol. The summed E-state index contributed by atoms with van der Waals surface area (Å²) in [5, 5.41) is 19.6. The molecule has 0 aliphatic carbocycles. The maximum atomic E-state index is 15.3. The van der Waals surface area contributed by atoms with Crippen molar-refractivity contribution in [2.24, 2.45) is 5.92 Å². The first-order chi connectivity index (χ1) is 29.4. The molecule has 0 saturated carbocycles. The number of methoxy groups -OCH3 is 1. The van der Waals surface area contributed by atoms with Crippen LogP contribution in [0.15, 0.2) is 78.2 Å². The van der Waals surface area contributed by atoms with E-state index in [1.54, 1.807) is 62.0 Å². The van der Waals surface area contributed by atoms with Gasteiger partial charge in [0.1, 0.15) is 28.6 Å². The first kappa shape index (κ1) is 41.4. The van der Waals surface area contributed by atoms with Crippen LogP contribution in [0.2, 0.25) is 0 Å². The van der Waals surface area contributed by atoms with Crippen molar-refractivity contribution in [1.82, 2.24) is 34.5 Å². The summed E-state index contributed by atoms with van der Waals surface area (Å²) in [6.07, 6.45) is 5.72. The Morgan fingerprint density at radius 1 is 0.951 bits per heavy atom. The average Bonchev–Trinajstić information content (AvgIpc) is 3.52. The van der Waals surface area contributed by atoms with E-state index in [1.807, 2.05) is 18.2 Å². The number of carbonyl (C=O) groups excluding carboxylic acids is 2. The molecule has 0 spiro atoms. The lowest BCUT2D eigenvalue weighted by Crippen LogP contribution is -2.49. The van der Waals surface area contributed by atoms with Crippen molar-refractivity contribution in [3.63, 3.8) is 0 Å². The number of halogens is 1. The molecule has 1 atom stereocenters. The van der Waals surface area contributed by atoms with Crippen molar-refractivity contribution in [1.29, 1.82) is 0 Å². The summed E-state index contributed by atoms with van der Waals surface area (Å²) >= 11 is 0. The third-order valence-corrected chi connectivity index (χ3v) is 11.7. The summed E-state index contributed by atoms with van der Waals surface area (Å²) in [7, 11) is 1.65. The molecule has 320 valence electrons. The Bertz CT molecular complexity index is 2500. The number of benzene rings is 2. The normalized spacial score (nSPS) is 18.0. The fourth-order valence-corrected chi connectivity index (χ4v) is 8.41. The highest BCUT2D eigenvalue weighted by atomic mass is 19.1. The molecule has 16 nitrogen and oxygen atoms in total. The van der Waals surface area contributed by atoms with Gasteiger partial charge in [-0.3, -0.25) is 24.6 Å². The second-order valence-electron chi connectivity index (χ2n) is 16.4. The Kier molecular flexibility index (Phi) is 11.8. The standard InChI is InChI=1S/C44H52FN11O5/c1-5-17-55-42(59)31-26-46-43(51-40(31)56(55)38-8-6-7-37(49-38)44(2,3)60)48-30-10-13-35(36(25-30)61-4)54-22-20-52(21-23-54)27-28-15-18-53(19-16-28)34-12-9-29(24-32(34)45)47-33-11-14-39(57)50-41(33)58/h5-10,12-13,24-26,28,33,47,60H,1,11,14-23,27H2,2-4H3,(H,46,48,51)(H,50,57,58). The van der Waals surface area contributed by atoms with E-state index in [1.165, 1.54) is 16.9 Å². The molecule has 3 saturated heterocycles. The van der Waals surface area contributed by atoms with Crippen LogP contribution < -0.4 is 36.0 Å². The van der Waals surface area contributed by atoms with Gasteiger partial charge >= 0.3 is 0 Å². The SMILES string of the molecule is C=CCn1c(=O)c2cnc(Nc3ccc(N4CCN(CC5CCN(c6ccc(NC7CCC(=O)NC7=O)cc6F)CC5)CC4)c(OC)c3)nc2n1-c1cccc(C(C)(C)O)n1. The number of hydrogen-bond donors (Lipinski definition) is 4. The number of piperidine rings is 2. The maximum Gasteiger partial charge on any atom is 0.278 e. The number of ether oxygens (including phenoxy) is 1. The number of aromatic nitrogens is 5. The van der Waals surface area contributed by atoms with E-state index in [2.05, 4.69) is 47.2 Å². The van der Waals surface area contributed by atoms with Crippen molar-refractivity contribution in [3.8, 4) is 11.6 Å². The third-order valence-electron chi connectivity index (χ3n) is 11.7. The van der Waals surface area contributed by atoms with Gasteiger partial charge in [-0.15, -0.1) is 6.58 Å². The van der Waals surface area contributed by atoms with E-state index >= 15 is 4.39 Å². The highest BCUT2D eigenvalue weighted by Gasteiger charge is 2.29. The number of allylic oxidation sites excluding steroid dienone is 1. The van der Waals surface area contributed by atoms with Gasteiger partial charge in [0.2, 0.25) is 17.8 Å². The van der Waals surface area contributed by atoms with Crippen LogP contribution >= 0.6 is 0 Å². The van der Waals surface area contributed by atoms with Crippen molar-refractivity contribution in [2.75, 3.05) is 73.4 Å². The minimum atomic E-state index is -1.19. The van der Waals surface area contributed by atoms with Crippen molar-refractivity contribution < 1.29 is 23.8 Å². The highest BCUT2D eigenvalue weighted by molar-refractivity contribution is 6.01. The molecule has 4 N–H and O–H groups in total. The molecule has 0 bridgehead atoms. The number of rotatable bonds is 13. The van der Waals surface area contributed by atoms with Gasteiger partial charge in [0, 0.05) is 75.9 Å². The predicted octanol–water partition coefficient (Wildman–Crippen LogP) is 4.54. The molecule has 0 radical (unpaired) electrons. The van der Waals surface area contributed by atoms with E-state index in [0.717, 1.165) is 64.3 Å². The smallest absolute Gasteiger partial charge is 0.278 e. The van der Waals surface area contributed by atoms with E-state index in [0.29, 0.717) is 57.7 Å². The van der Waals surface area contributed by atoms with Crippen LogP contribution in [-0.4, -0.2) is 105 Å². The van der Waals surface area contributed by atoms with E-state index in [4.69, 9.17) is 9.72 Å². The Hall–Kier alpha value is -6.33. The molecule has 3 fully saturated rings. The Balaban J connectivity index is 0.869. The van der Waals surface area contributed by atoms with E-state index in [9.17, 15) is 19.5 Å². The van der Waals surface area contributed by atoms with Gasteiger partial charge in [-0.25, -0.2) is 23.7 Å². The summed E-state index contributed by atoms with van der Waals surface area (Å²) in [6, 6.07) is 15.6. The van der Waals surface area contributed by atoms with Crippen LogP contribution in [0.5, 0.6) is 5.75 Å². The number of piperazine rings is 1. The molecule has 3 aromatic heterocycles. The quantitative estimate of drug-likeness (QED) is 0.0963. The fraction of sp³-hybridized carbons (Fsp3) is 0.409. The summed E-state index contributed by atoms with van der Waals surface area (Å²) in [5.41, 5.74) is 2.13. The molecule has 3 aliphatic rings. The number of amides is 2. The van der Waals surface area contributed by atoms with Gasteiger partial charge in [-0.1, -0.05) is 12.1 Å². The molecule has 8 rings (SSSR count). The first-order valence-corrected chi connectivity index (χ1v) is 20.8. The van der Waals surface area contributed by atoms with Crippen LogP contribution in [0.1, 0.15) is 45.2 Å². The lowest BCUT2D eigenvalue weighted by molar-refractivity contribution is -0.133. The molecule has 2 amide bonds. The minimum absolute atomic E-state index is 0.216. The number of nitrogens with zero attached hydrogens (tertiary/aromatic N) is 8. The molecule has 2 aromatic carbocycles. The fourth-order valence-electron chi connectivity index (χ4n) is 8.41. The zero-order chi connectivity index (χ0) is 42.8. The zero-order valence-electron chi connectivity index (χ0n) is 34.7. The zero-order valence-corrected chi connectivity index (χ0v) is 34.7. The summed E-state index contributed by atoms with van der Waals surface area (Å²) in [6.45, 7) is 13.4. The third kappa shape index (κ3) is 8.93. The number of carbonyl (C=O) groups is 2. The van der Waals surface area contributed by atoms with Crippen LogP contribution in [0.25, 0.3) is 16.9 Å². The Morgan fingerprint density at radius 3 is 2.39 bits per heavy atom. The summed E-state index contributed by atoms with van der Waals surface area (Å²) in [5.74, 6) is 0.945. The minimum Gasteiger partial charge on any atom is -0.495 e. The van der Waals surface area contributed by atoms with Gasteiger partial charge in [0.15, 0.2) is 11.5 Å². The van der Waals surface area contributed by atoms with Crippen LogP contribution in [0.4, 0.5) is 33.1 Å². The Labute approximate surface area is 353 Å². The molecular weight excluding hydrogens is 782 g/mol. The van der Waals surface area contributed by atoms with Crippen LogP contribution in [0.3, 0.4) is 0 Å². The monoisotopic (exact) mass is 833 g/mol. The Morgan fingerprint density at radius 2 is 1.69 bits per heavy atom. The van der Waals surface area contributed by atoms with Gasteiger partial charge in [0.05, 0.1) is 30.7 Å². The number of anilines is 5. The second kappa shape index (κ2) is 17.3. The van der Waals surface area contributed by atoms with Gasteiger partial charge in [-0.05, 0) is 81.5 Å². The van der Waals surface area contributed by atoms with Crippen molar-refractivity contribution >= 4 is 51.5 Å². The number of hydrogen-bond acceptors (Lipinski definition) is 13. The average molecular weight is 834 g/mol. The van der Waals surface area contributed by atoms with Crippen LogP contribution in [-0.2, 0) is 21.7 Å². The van der Waals surface area contributed by atoms with E-state index in [-0.39, 0.29) is 42.1 Å². The summed E-state index contributed by atoms with van der Waals surface area (Å²) < 4.78 is 24.3. The van der Waals surface area contributed by atoms with Crippen LogP contribution in [0, 0.1) is 11.7 Å². The second-order valence-corrected chi connectivity index (χ2v) is 16.4.